The normalized spacial score (nSPS) is 32.2. The topological polar surface area (TPSA) is 12.5 Å². The van der Waals surface area contributed by atoms with E-state index in [0.717, 1.165) is 31.2 Å². The third-order valence-electron chi connectivity index (χ3n) is 3.55. The van der Waals surface area contributed by atoms with Crippen LogP contribution >= 0.6 is 12.6 Å². The lowest BCUT2D eigenvalue weighted by Gasteiger charge is -2.41. The van der Waals surface area contributed by atoms with Crippen LogP contribution in [0, 0.1) is 5.92 Å². The summed E-state index contributed by atoms with van der Waals surface area (Å²) in [4.78, 5) is 2.45. The number of piperidine rings is 1. The highest BCUT2D eigenvalue weighted by atomic mass is 32.1. The summed E-state index contributed by atoms with van der Waals surface area (Å²) in [5.74, 6) is 1.61. The van der Waals surface area contributed by atoms with Crippen LogP contribution in [0.4, 0.5) is 0 Å². The molecule has 0 aromatic rings. The molecule has 0 aromatic carbocycles. The van der Waals surface area contributed by atoms with Crippen molar-refractivity contribution in [2.75, 3.05) is 12.5 Å². The molecule has 0 aromatic heterocycles. The highest BCUT2D eigenvalue weighted by Gasteiger charge is 2.30. The van der Waals surface area contributed by atoms with Crippen molar-refractivity contribution in [2.24, 2.45) is 5.92 Å². The number of ether oxygens (including phenoxy) is 1. The maximum absolute atomic E-state index is 5.98. The predicted octanol–water partition coefficient (Wildman–Crippen LogP) is 3.18. The Hall–Kier alpha value is 0.270. The first-order valence-electron chi connectivity index (χ1n) is 6.52. The molecular formula is C13H27NOS. The van der Waals surface area contributed by atoms with E-state index < -0.39 is 0 Å². The molecule has 1 saturated heterocycles. The average molecular weight is 245 g/mol. The third kappa shape index (κ3) is 4.27. The van der Waals surface area contributed by atoms with Crippen molar-refractivity contribution in [2.45, 2.75) is 65.1 Å². The first-order chi connectivity index (χ1) is 7.54. The van der Waals surface area contributed by atoms with E-state index in [0.29, 0.717) is 18.2 Å². The van der Waals surface area contributed by atoms with Gasteiger partial charge in [0, 0.05) is 24.6 Å². The van der Waals surface area contributed by atoms with Crippen molar-refractivity contribution in [3.63, 3.8) is 0 Å². The summed E-state index contributed by atoms with van der Waals surface area (Å²) in [6, 6.07) is 1.20. The van der Waals surface area contributed by atoms with Crippen molar-refractivity contribution in [3.8, 4) is 0 Å². The monoisotopic (exact) mass is 245 g/mol. The van der Waals surface area contributed by atoms with Gasteiger partial charge in [-0.25, -0.2) is 0 Å². The molecule has 0 aliphatic carbocycles. The number of rotatable bonds is 5. The van der Waals surface area contributed by atoms with Crippen molar-refractivity contribution in [1.82, 2.24) is 4.90 Å². The van der Waals surface area contributed by atoms with Crippen LogP contribution in [-0.4, -0.2) is 35.6 Å². The van der Waals surface area contributed by atoms with E-state index in [-0.39, 0.29) is 0 Å². The minimum Gasteiger partial charge on any atom is -0.378 e. The molecule has 96 valence electrons. The quantitative estimate of drug-likeness (QED) is 0.747. The zero-order chi connectivity index (χ0) is 12.1. The van der Waals surface area contributed by atoms with Gasteiger partial charge in [0.05, 0.1) is 6.10 Å². The van der Waals surface area contributed by atoms with Gasteiger partial charge in [-0.05, 0) is 39.0 Å². The molecule has 0 saturated carbocycles. The van der Waals surface area contributed by atoms with E-state index in [2.05, 4.69) is 45.2 Å². The van der Waals surface area contributed by atoms with Gasteiger partial charge in [-0.1, -0.05) is 13.8 Å². The fourth-order valence-corrected chi connectivity index (χ4v) is 3.01. The molecule has 1 fully saturated rings. The minimum absolute atomic E-state index is 0.458. The van der Waals surface area contributed by atoms with Crippen LogP contribution in [0.15, 0.2) is 0 Å². The van der Waals surface area contributed by atoms with E-state index in [1.807, 2.05) is 0 Å². The molecule has 1 unspecified atom stereocenters. The van der Waals surface area contributed by atoms with Crippen molar-refractivity contribution in [1.29, 1.82) is 0 Å². The molecule has 1 heterocycles. The smallest absolute Gasteiger partial charge is 0.0604 e. The Balaban J connectivity index is 2.30. The predicted molar refractivity (Wildman–Crippen MR) is 73.0 cm³/mol. The summed E-state index contributed by atoms with van der Waals surface area (Å²) in [6.07, 6.45) is 3.95. The highest BCUT2D eigenvalue weighted by molar-refractivity contribution is 7.80. The Labute approximate surface area is 106 Å². The number of likely N-dealkylation sites (tertiary alicyclic amines) is 1. The van der Waals surface area contributed by atoms with Gasteiger partial charge in [-0.2, -0.15) is 12.6 Å². The maximum Gasteiger partial charge on any atom is 0.0604 e. The Morgan fingerprint density at radius 2 is 1.81 bits per heavy atom. The second-order valence-corrected chi connectivity index (χ2v) is 5.78. The fourth-order valence-electron chi connectivity index (χ4n) is 2.45. The lowest BCUT2D eigenvalue weighted by molar-refractivity contribution is -0.0298. The maximum atomic E-state index is 5.98. The standard InChI is InChI=1S/C13H27NOS/c1-10(2)5-6-15-13-7-11(3)14(9-16)12(4)8-13/h10-13,16H,5-9H2,1-4H3/t11-,12+,13?. The molecule has 2 nitrogen and oxygen atoms in total. The Kier molecular flexibility index (Phi) is 6.16. The fraction of sp³-hybridized carbons (Fsp3) is 1.00. The zero-order valence-corrected chi connectivity index (χ0v) is 12.0. The van der Waals surface area contributed by atoms with Crippen molar-refractivity contribution < 1.29 is 4.74 Å². The summed E-state index contributed by atoms with van der Waals surface area (Å²) in [5, 5.41) is 0. The summed E-state index contributed by atoms with van der Waals surface area (Å²) >= 11 is 4.39. The van der Waals surface area contributed by atoms with E-state index in [9.17, 15) is 0 Å². The van der Waals surface area contributed by atoms with E-state index in [1.165, 1.54) is 6.42 Å². The molecule has 3 atom stereocenters. The molecule has 0 N–H and O–H groups in total. The molecule has 0 spiro atoms. The van der Waals surface area contributed by atoms with Crippen molar-refractivity contribution in [3.05, 3.63) is 0 Å². The molecule has 3 heteroatoms. The summed E-state index contributed by atoms with van der Waals surface area (Å²) in [5.41, 5.74) is 0. The van der Waals surface area contributed by atoms with Crippen LogP contribution in [0.1, 0.15) is 47.0 Å². The van der Waals surface area contributed by atoms with E-state index in [1.54, 1.807) is 0 Å². The van der Waals surface area contributed by atoms with Crippen LogP contribution in [0.2, 0.25) is 0 Å². The van der Waals surface area contributed by atoms with Crippen LogP contribution in [0.5, 0.6) is 0 Å². The summed E-state index contributed by atoms with van der Waals surface area (Å²) < 4.78 is 5.98. The zero-order valence-electron chi connectivity index (χ0n) is 11.1. The molecule has 0 radical (unpaired) electrons. The molecule has 1 aliphatic heterocycles. The second-order valence-electron chi connectivity index (χ2n) is 5.50. The summed E-state index contributed by atoms with van der Waals surface area (Å²) in [6.45, 7) is 9.98. The number of hydrogen-bond acceptors (Lipinski definition) is 3. The lowest BCUT2D eigenvalue weighted by Crippen LogP contribution is -2.48. The molecule has 16 heavy (non-hydrogen) atoms. The Morgan fingerprint density at radius 3 is 2.25 bits per heavy atom. The van der Waals surface area contributed by atoms with Crippen LogP contribution < -0.4 is 0 Å². The number of hydrogen-bond donors (Lipinski definition) is 1. The van der Waals surface area contributed by atoms with Crippen LogP contribution in [0.3, 0.4) is 0 Å². The molecular weight excluding hydrogens is 218 g/mol. The first kappa shape index (κ1) is 14.3. The van der Waals surface area contributed by atoms with Gasteiger partial charge in [0.1, 0.15) is 0 Å². The van der Waals surface area contributed by atoms with E-state index in [4.69, 9.17) is 4.74 Å². The lowest BCUT2D eigenvalue weighted by atomic mass is 9.95. The second kappa shape index (κ2) is 6.87. The van der Waals surface area contributed by atoms with Gasteiger partial charge in [-0.15, -0.1) is 0 Å². The highest BCUT2D eigenvalue weighted by Crippen LogP contribution is 2.25. The minimum atomic E-state index is 0.458. The Bertz CT molecular complexity index is 186. The van der Waals surface area contributed by atoms with Gasteiger partial charge in [0.2, 0.25) is 0 Å². The van der Waals surface area contributed by atoms with Crippen LogP contribution in [0.25, 0.3) is 0 Å². The van der Waals surface area contributed by atoms with Gasteiger partial charge < -0.3 is 4.74 Å². The van der Waals surface area contributed by atoms with Gasteiger partial charge in [-0.3, -0.25) is 4.90 Å². The van der Waals surface area contributed by atoms with Gasteiger partial charge in [0.15, 0.2) is 0 Å². The SMILES string of the molecule is CC(C)CCOC1C[C@@H](C)N(CS)[C@@H](C)C1. The molecule has 1 rings (SSSR count). The number of thiol groups is 1. The largest absolute Gasteiger partial charge is 0.378 e. The molecule has 1 aliphatic rings. The number of nitrogens with zero attached hydrogens (tertiary/aromatic N) is 1. The van der Waals surface area contributed by atoms with Gasteiger partial charge in [0.25, 0.3) is 0 Å². The van der Waals surface area contributed by atoms with Gasteiger partial charge >= 0.3 is 0 Å². The average Bonchev–Trinajstić information content (AvgIpc) is 2.16. The van der Waals surface area contributed by atoms with Crippen LogP contribution in [-0.2, 0) is 4.74 Å². The van der Waals surface area contributed by atoms with E-state index >= 15 is 0 Å². The third-order valence-corrected chi connectivity index (χ3v) is 3.88. The Morgan fingerprint density at radius 1 is 1.25 bits per heavy atom. The molecule has 0 bridgehead atoms. The van der Waals surface area contributed by atoms with Crippen molar-refractivity contribution >= 4 is 12.6 Å². The summed E-state index contributed by atoms with van der Waals surface area (Å²) in [7, 11) is 0. The first-order valence-corrected chi connectivity index (χ1v) is 7.16. The molecule has 0 amide bonds.